The first-order valence-corrected chi connectivity index (χ1v) is 7.80. The summed E-state index contributed by atoms with van der Waals surface area (Å²) in [7, 11) is 2.38. The monoisotopic (exact) mass is 373 g/mol. The number of hydrogen-bond acceptors (Lipinski definition) is 3. The number of quaternary nitrogens is 1. The summed E-state index contributed by atoms with van der Waals surface area (Å²) in [6.07, 6.45) is 2.23. The molecule has 3 nitrogen and oxygen atoms in total. The van der Waals surface area contributed by atoms with Gasteiger partial charge < -0.3 is 28.4 Å². The van der Waals surface area contributed by atoms with E-state index in [4.69, 9.17) is 11.5 Å². The van der Waals surface area contributed by atoms with Crippen molar-refractivity contribution in [2.24, 2.45) is 0 Å². The number of nitrogen functional groups attached to an aromatic ring is 2. The molecule has 1 aromatic carbocycles. The number of aryl methyl sites for hydroxylation is 1. The van der Waals surface area contributed by atoms with Crippen LogP contribution in [-0.2, 0) is 6.42 Å². The molecule has 124 valence electrons. The van der Waals surface area contributed by atoms with Gasteiger partial charge in [-0.3, -0.25) is 0 Å². The summed E-state index contributed by atoms with van der Waals surface area (Å²) in [6, 6.07) is 5.80. The molecule has 1 aliphatic rings. The third-order valence-corrected chi connectivity index (χ3v) is 4.80. The summed E-state index contributed by atoms with van der Waals surface area (Å²) in [5.41, 5.74) is 14.7. The van der Waals surface area contributed by atoms with Gasteiger partial charge in [0.1, 0.15) is 0 Å². The van der Waals surface area contributed by atoms with Crippen LogP contribution in [0.3, 0.4) is 0 Å². The maximum atomic E-state index is 5.98. The fourth-order valence-electron chi connectivity index (χ4n) is 2.50. The van der Waals surface area contributed by atoms with Crippen molar-refractivity contribution >= 4 is 48.0 Å². The molecular weight excluding hydrogens is 349 g/mol. The van der Waals surface area contributed by atoms with Crippen molar-refractivity contribution in [1.82, 2.24) is 0 Å². The minimum atomic E-state index is 0. The number of anilines is 2. The molecule has 0 unspecified atom stereocenters. The quantitative estimate of drug-likeness (QED) is 0.568. The van der Waals surface area contributed by atoms with Crippen LogP contribution in [0.25, 0.3) is 0 Å². The maximum Gasteiger partial charge on any atom is 0.0876 e. The zero-order valence-corrected chi connectivity index (χ0v) is 15.6. The van der Waals surface area contributed by atoms with Crippen LogP contribution in [-0.4, -0.2) is 42.7 Å². The highest BCUT2D eigenvalue weighted by Gasteiger charge is 2.24. The first kappa shape index (κ1) is 23.3. The van der Waals surface area contributed by atoms with E-state index in [1.165, 1.54) is 47.6 Å². The molecule has 7 heteroatoms. The Morgan fingerprint density at radius 3 is 2.38 bits per heavy atom. The lowest BCUT2D eigenvalue weighted by molar-refractivity contribution is -0.906. The molecule has 1 heterocycles. The van der Waals surface area contributed by atoms with Gasteiger partial charge in [-0.2, -0.15) is 11.8 Å². The minimum Gasteiger partial charge on any atom is -1.00 e. The highest BCUT2D eigenvalue weighted by molar-refractivity contribution is 7.99. The van der Waals surface area contributed by atoms with E-state index in [1.54, 1.807) is 0 Å². The molecule has 0 aliphatic carbocycles. The van der Waals surface area contributed by atoms with Crippen LogP contribution < -0.4 is 23.9 Å². The molecule has 1 aromatic rings. The summed E-state index contributed by atoms with van der Waals surface area (Å²) in [5, 5.41) is 0. The van der Waals surface area contributed by atoms with Gasteiger partial charge in [0.15, 0.2) is 0 Å². The number of halogens is 3. The SMILES string of the molecule is C[N+]1(CCCc2cc(N)ccc2N)CCSCC1.Cl.Cl.[Cl-]. The summed E-state index contributed by atoms with van der Waals surface area (Å²) in [4.78, 5) is 0. The van der Waals surface area contributed by atoms with Gasteiger partial charge >= 0.3 is 0 Å². The molecule has 21 heavy (non-hydrogen) atoms. The Kier molecular flexibility index (Phi) is 11.8. The Bertz CT molecular complexity index is 412. The smallest absolute Gasteiger partial charge is 0.0876 e. The molecule has 1 saturated heterocycles. The van der Waals surface area contributed by atoms with Crippen LogP contribution in [0.5, 0.6) is 0 Å². The number of rotatable bonds is 4. The number of nitrogens with two attached hydrogens (primary N) is 2. The van der Waals surface area contributed by atoms with Gasteiger partial charge in [-0.25, -0.2) is 0 Å². The highest BCUT2D eigenvalue weighted by atomic mass is 35.5. The Morgan fingerprint density at radius 1 is 1.14 bits per heavy atom. The lowest BCUT2D eigenvalue weighted by Gasteiger charge is -2.37. The lowest BCUT2D eigenvalue weighted by atomic mass is 10.1. The molecule has 1 fully saturated rings. The van der Waals surface area contributed by atoms with Crippen LogP contribution in [0.1, 0.15) is 12.0 Å². The molecule has 0 amide bonds. The number of thioether (sulfide) groups is 1. The van der Waals surface area contributed by atoms with Crippen molar-refractivity contribution in [3.8, 4) is 0 Å². The van der Waals surface area contributed by atoms with E-state index in [-0.39, 0.29) is 37.2 Å². The largest absolute Gasteiger partial charge is 1.00 e. The van der Waals surface area contributed by atoms with Crippen molar-refractivity contribution in [3.63, 3.8) is 0 Å². The molecule has 0 atom stereocenters. The third kappa shape index (κ3) is 7.20. The molecular formula is C14H26Cl3N3S. The van der Waals surface area contributed by atoms with E-state index in [1.807, 2.05) is 18.2 Å². The first-order valence-electron chi connectivity index (χ1n) is 6.64. The summed E-state index contributed by atoms with van der Waals surface area (Å²) in [5.74, 6) is 2.61. The van der Waals surface area contributed by atoms with Crippen molar-refractivity contribution in [3.05, 3.63) is 23.8 Å². The third-order valence-electron chi connectivity index (χ3n) is 3.86. The normalized spacial score (nSPS) is 16.0. The fourth-order valence-corrected chi connectivity index (χ4v) is 3.84. The average Bonchev–Trinajstić information content (AvgIpc) is 2.34. The van der Waals surface area contributed by atoms with Crippen LogP contribution in [0.2, 0.25) is 0 Å². The van der Waals surface area contributed by atoms with Crippen molar-refractivity contribution in [1.29, 1.82) is 0 Å². The second kappa shape index (κ2) is 10.7. The second-order valence-corrected chi connectivity index (χ2v) is 6.69. The van der Waals surface area contributed by atoms with Crippen molar-refractivity contribution < 1.29 is 16.9 Å². The number of hydrogen-bond donors (Lipinski definition) is 2. The summed E-state index contributed by atoms with van der Waals surface area (Å²) < 4.78 is 1.22. The predicted octanol–water partition coefficient (Wildman–Crippen LogP) is -0.175. The van der Waals surface area contributed by atoms with Crippen LogP contribution in [0, 0.1) is 0 Å². The van der Waals surface area contributed by atoms with Gasteiger partial charge in [-0.15, -0.1) is 24.8 Å². The van der Waals surface area contributed by atoms with Crippen molar-refractivity contribution in [2.45, 2.75) is 12.8 Å². The van der Waals surface area contributed by atoms with E-state index >= 15 is 0 Å². The first-order chi connectivity index (χ1) is 8.59. The van der Waals surface area contributed by atoms with Gasteiger partial charge in [0.2, 0.25) is 0 Å². The van der Waals surface area contributed by atoms with E-state index in [0.29, 0.717) is 0 Å². The van der Waals surface area contributed by atoms with E-state index in [0.717, 1.165) is 17.8 Å². The van der Waals surface area contributed by atoms with Crippen LogP contribution >= 0.6 is 36.6 Å². The van der Waals surface area contributed by atoms with Gasteiger partial charge in [0.25, 0.3) is 0 Å². The highest BCUT2D eigenvalue weighted by Crippen LogP contribution is 2.20. The average molecular weight is 375 g/mol. The fraction of sp³-hybridized carbons (Fsp3) is 0.571. The van der Waals surface area contributed by atoms with Gasteiger partial charge in [-0.05, 0) is 30.2 Å². The van der Waals surface area contributed by atoms with E-state index in [2.05, 4.69) is 18.8 Å². The van der Waals surface area contributed by atoms with Crippen LogP contribution in [0.15, 0.2) is 18.2 Å². The molecule has 1 aliphatic heterocycles. The Hall–Kier alpha value is -0.000000000000000111. The molecule has 0 saturated carbocycles. The van der Waals surface area contributed by atoms with Gasteiger partial charge in [0.05, 0.1) is 26.7 Å². The van der Waals surface area contributed by atoms with Gasteiger partial charge in [0, 0.05) is 29.3 Å². The lowest BCUT2D eigenvalue weighted by Crippen LogP contribution is -3.00. The molecule has 0 bridgehead atoms. The van der Waals surface area contributed by atoms with E-state index in [9.17, 15) is 0 Å². The minimum absolute atomic E-state index is 0. The van der Waals surface area contributed by atoms with Gasteiger partial charge in [-0.1, -0.05) is 0 Å². The number of nitrogens with zero attached hydrogens (tertiary/aromatic N) is 1. The molecule has 0 aromatic heterocycles. The zero-order valence-electron chi connectivity index (χ0n) is 12.4. The van der Waals surface area contributed by atoms with Crippen LogP contribution in [0.4, 0.5) is 11.4 Å². The topological polar surface area (TPSA) is 52.0 Å². The Labute approximate surface area is 151 Å². The zero-order chi connectivity index (χ0) is 13.0. The molecule has 2 rings (SSSR count). The molecule has 4 N–H and O–H groups in total. The second-order valence-electron chi connectivity index (χ2n) is 5.46. The summed E-state index contributed by atoms with van der Waals surface area (Å²) in [6.45, 7) is 3.85. The maximum absolute atomic E-state index is 5.98. The number of benzene rings is 1. The van der Waals surface area contributed by atoms with E-state index < -0.39 is 0 Å². The Morgan fingerprint density at radius 2 is 1.76 bits per heavy atom. The molecule has 0 radical (unpaired) electrons. The Balaban J connectivity index is 0. The standard InChI is InChI=1S/C14H24N3S.3ClH/c1-17(7-9-18-10-8-17)6-2-3-12-11-13(15)4-5-14(12)16;;;/h4-5,11H,2-3,6-10,15-16H2,1H3;3*1H/q+1;;;/p-1. The van der Waals surface area contributed by atoms with Crippen molar-refractivity contribution in [2.75, 3.05) is 49.7 Å². The predicted molar refractivity (Wildman–Crippen MR) is 96.2 cm³/mol. The summed E-state index contributed by atoms with van der Waals surface area (Å²) >= 11 is 2.08. The molecule has 0 spiro atoms.